The van der Waals surface area contributed by atoms with Crippen molar-refractivity contribution in [3.63, 3.8) is 0 Å². The SMILES string of the molecule is CC(C)(C)OC(=O)N1CCC1C(=O)Cl. The van der Waals surface area contributed by atoms with Crippen LogP contribution in [0.5, 0.6) is 0 Å². The number of amides is 1. The molecule has 1 unspecified atom stereocenters. The predicted molar refractivity (Wildman–Crippen MR) is 52.2 cm³/mol. The van der Waals surface area contributed by atoms with Gasteiger partial charge < -0.3 is 4.74 Å². The highest BCUT2D eigenvalue weighted by Crippen LogP contribution is 2.22. The first-order chi connectivity index (χ1) is 6.31. The first-order valence-corrected chi connectivity index (χ1v) is 4.88. The van der Waals surface area contributed by atoms with Gasteiger partial charge in [0, 0.05) is 6.54 Å². The Balaban J connectivity index is 2.51. The van der Waals surface area contributed by atoms with Crippen LogP contribution < -0.4 is 0 Å². The maximum absolute atomic E-state index is 11.4. The highest BCUT2D eigenvalue weighted by Gasteiger charge is 2.38. The summed E-state index contributed by atoms with van der Waals surface area (Å²) in [4.78, 5) is 23.6. The van der Waals surface area contributed by atoms with Crippen molar-refractivity contribution in [3.05, 3.63) is 0 Å². The molecule has 1 amide bonds. The molecular weight excluding hydrogens is 206 g/mol. The van der Waals surface area contributed by atoms with E-state index in [4.69, 9.17) is 16.3 Å². The number of rotatable bonds is 1. The molecule has 4 nitrogen and oxygen atoms in total. The summed E-state index contributed by atoms with van der Waals surface area (Å²) in [5.41, 5.74) is -0.535. The lowest BCUT2D eigenvalue weighted by atomic mass is 10.1. The molecule has 0 bridgehead atoms. The van der Waals surface area contributed by atoms with Crippen LogP contribution in [0.4, 0.5) is 4.79 Å². The smallest absolute Gasteiger partial charge is 0.410 e. The lowest BCUT2D eigenvalue weighted by Crippen LogP contribution is -2.55. The van der Waals surface area contributed by atoms with Crippen LogP contribution in [0.25, 0.3) is 0 Å². The van der Waals surface area contributed by atoms with Crippen molar-refractivity contribution in [2.24, 2.45) is 0 Å². The predicted octanol–water partition coefficient (Wildman–Crippen LogP) is 1.76. The number of hydrogen-bond acceptors (Lipinski definition) is 3. The first kappa shape index (κ1) is 11.3. The van der Waals surface area contributed by atoms with E-state index in [9.17, 15) is 9.59 Å². The van der Waals surface area contributed by atoms with Crippen molar-refractivity contribution < 1.29 is 14.3 Å². The Morgan fingerprint density at radius 2 is 2.00 bits per heavy atom. The second-order valence-electron chi connectivity index (χ2n) is 4.28. The molecule has 1 heterocycles. The minimum absolute atomic E-state index is 0.470. The second kappa shape index (κ2) is 3.77. The summed E-state index contributed by atoms with van der Waals surface area (Å²) in [6.07, 6.45) is 0.157. The van der Waals surface area contributed by atoms with E-state index in [-0.39, 0.29) is 0 Å². The maximum Gasteiger partial charge on any atom is 0.410 e. The van der Waals surface area contributed by atoms with Crippen LogP contribution in [-0.4, -0.2) is 34.4 Å². The monoisotopic (exact) mass is 219 g/mol. The van der Waals surface area contributed by atoms with E-state index in [0.29, 0.717) is 13.0 Å². The van der Waals surface area contributed by atoms with E-state index in [1.165, 1.54) is 4.90 Å². The number of likely N-dealkylation sites (tertiary alicyclic amines) is 1. The Kier molecular flexibility index (Phi) is 3.04. The van der Waals surface area contributed by atoms with Crippen molar-refractivity contribution in [3.8, 4) is 0 Å². The third-order valence-electron chi connectivity index (χ3n) is 1.91. The second-order valence-corrected chi connectivity index (χ2v) is 4.65. The van der Waals surface area contributed by atoms with Gasteiger partial charge in [-0.05, 0) is 38.8 Å². The molecule has 0 aromatic heterocycles. The van der Waals surface area contributed by atoms with E-state index in [1.807, 2.05) is 0 Å². The highest BCUT2D eigenvalue weighted by atomic mass is 35.5. The summed E-state index contributed by atoms with van der Waals surface area (Å²) in [5.74, 6) is 0. The van der Waals surface area contributed by atoms with Crippen LogP contribution in [0.15, 0.2) is 0 Å². The minimum Gasteiger partial charge on any atom is -0.444 e. The average molecular weight is 220 g/mol. The molecule has 0 radical (unpaired) electrons. The van der Waals surface area contributed by atoms with Gasteiger partial charge in [-0.25, -0.2) is 4.79 Å². The van der Waals surface area contributed by atoms with E-state index in [2.05, 4.69) is 0 Å². The molecule has 1 aliphatic heterocycles. The summed E-state index contributed by atoms with van der Waals surface area (Å²) in [5, 5.41) is -0.498. The fraction of sp³-hybridized carbons (Fsp3) is 0.778. The van der Waals surface area contributed by atoms with Gasteiger partial charge in [-0.15, -0.1) is 0 Å². The van der Waals surface area contributed by atoms with Crippen LogP contribution in [0.1, 0.15) is 27.2 Å². The zero-order chi connectivity index (χ0) is 10.9. The van der Waals surface area contributed by atoms with Gasteiger partial charge >= 0.3 is 6.09 Å². The molecule has 5 heteroatoms. The number of carbonyl (C=O) groups excluding carboxylic acids is 2. The normalized spacial score (nSPS) is 21.4. The van der Waals surface area contributed by atoms with Gasteiger partial charge in [0.15, 0.2) is 0 Å². The van der Waals surface area contributed by atoms with Crippen molar-refractivity contribution in [2.45, 2.75) is 38.8 Å². The summed E-state index contributed by atoms with van der Waals surface area (Å²) in [6.45, 7) is 5.88. The highest BCUT2D eigenvalue weighted by molar-refractivity contribution is 6.65. The Morgan fingerprint density at radius 1 is 1.43 bits per heavy atom. The number of halogens is 1. The Bertz CT molecular complexity index is 259. The van der Waals surface area contributed by atoms with Gasteiger partial charge in [-0.2, -0.15) is 0 Å². The Hall–Kier alpha value is -0.770. The first-order valence-electron chi connectivity index (χ1n) is 4.50. The fourth-order valence-corrected chi connectivity index (χ4v) is 1.39. The van der Waals surface area contributed by atoms with Crippen molar-refractivity contribution in [1.82, 2.24) is 4.90 Å². The number of carbonyl (C=O) groups is 2. The molecule has 0 N–H and O–H groups in total. The van der Waals surface area contributed by atoms with Gasteiger partial charge in [0.2, 0.25) is 5.24 Å². The summed E-state index contributed by atoms with van der Waals surface area (Å²) in [7, 11) is 0. The quantitative estimate of drug-likeness (QED) is 0.632. The molecule has 1 aliphatic rings. The molecule has 80 valence electrons. The third-order valence-corrected chi connectivity index (χ3v) is 2.16. The molecule has 14 heavy (non-hydrogen) atoms. The summed E-state index contributed by atoms with van der Waals surface area (Å²) >= 11 is 5.30. The van der Waals surface area contributed by atoms with Crippen LogP contribution in [0.2, 0.25) is 0 Å². The van der Waals surface area contributed by atoms with Crippen LogP contribution in [0, 0.1) is 0 Å². The minimum atomic E-state index is -0.535. The number of nitrogens with zero attached hydrogens (tertiary/aromatic N) is 1. The van der Waals surface area contributed by atoms with Gasteiger partial charge in [0.1, 0.15) is 11.6 Å². The zero-order valence-electron chi connectivity index (χ0n) is 8.54. The van der Waals surface area contributed by atoms with Gasteiger partial charge in [0.05, 0.1) is 0 Å². The van der Waals surface area contributed by atoms with E-state index < -0.39 is 23.0 Å². The molecule has 0 aromatic rings. The molecule has 1 fully saturated rings. The Morgan fingerprint density at radius 3 is 2.29 bits per heavy atom. The topological polar surface area (TPSA) is 46.6 Å². The maximum atomic E-state index is 11.4. The fourth-order valence-electron chi connectivity index (χ4n) is 1.16. The van der Waals surface area contributed by atoms with Crippen molar-refractivity contribution in [2.75, 3.05) is 6.54 Å². The lowest BCUT2D eigenvalue weighted by molar-refractivity contribution is -0.120. The van der Waals surface area contributed by atoms with E-state index >= 15 is 0 Å². The zero-order valence-corrected chi connectivity index (χ0v) is 9.30. The van der Waals surface area contributed by atoms with Gasteiger partial charge in [-0.1, -0.05) is 0 Å². The third kappa shape index (κ3) is 2.61. The molecule has 1 rings (SSSR count). The van der Waals surface area contributed by atoms with Crippen LogP contribution in [-0.2, 0) is 9.53 Å². The average Bonchev–Trinajstić information content (AvgIpc) is 1.75. The molecule has 1 saturated heterocycles. The van der Waals surface area contributed by atoms with E-state index in [1.54, 1.807) is 20.8 Å². The molecule has 0 aromatic carbocycles. The van der Waals surface area contributed by atoms with Crippen molar-refractivity contribution in [1.29, 1.82) is 0 Å². The number of hydrogen-bond donors (Lipinski definition) is 0. The number of ether oxygens (including phenoxy) is 1. The Labute approximate surface area is 88.2 Å². The largest absolute Gasteiger partial charge is 0.444 e. The van der Waals surface area contributed by atoms with Crippen LogP contribution in [0.3, 0.4) is 0 Å². The molecule has 0 saturated carbocycles. The molecule has 0 spiro atoms. The summed E-state index contributed by atoms with van der Waals surface area (Å²) < 4.78 is 5.10. The summed E-state index contributed by atoms with van der Waals surface area (Å²) in [6, 6.07) is -0.494. The molecule has 0 aliphatic carbocycles. The van der Waals surface area contributed by atoms with Gasteiger partial charge in [-0.3, -0.25) is 9.69 Å². The van der Waals surface area contributed by atoms with Crippen molar-refractivity contribution >= 4 is 22.9 Å². The molecular formula is C9H14ClNO3. The standard InChI is InChI=1S/C9H14ClNO3/c1-9(2,3)14-8(13)11-5-4-6(11)7(10)12/h6H,4-5H2,1-3H3. The molecule has 1 atom stereocenters. The van der Waals surface area contributed by atoms with E-state index in [0.717, 1.165) is 0 Å². The van der Waals surface area contributed by atoms with Gasteiger partial charge in [0.25, 0.3) is 0 Å². The lowest BCUT2D eigenvalue weighted by Gasteiger charge is -2.38. The van der Waals surface area contributed by atoms with Crippen LogP contribution >= 0.6 is 11.6 Å².